The van der Waals surface area contributed by atoms with Crippen molar-refractivity contribution < 1.29 is 17.9 Å². The number of rotatable bonds is 3. The summed E-state index contributed by atoms with van der Waals surface area (Å²) in [5.74, 6) is 0. The van der Waals surface area contributed by atoms with Crippen molar-refractivity contribution in [3.8, 4) is 0 Å². The number of hydrogen-bond donors (Lipinski definition) is 0. The van der Waals surface area contributed by atoms with Gasteiger partial charge in [-0.1, -0.05) is 11.6 Å². The van der Waals surface area contributed by atoms with Crippen LogP contribution in [0, 0.1) is 0 Å². The van der Waals surface area contributed by atoms with Gasteiger partial charge in [0.2, 0.25) is 10.0 Å². The maximum Gasteiger partial charge on any atom is 0.243 e. The molecule has 3 rings (SSSR count). The Balaban J connectivity index is 1.74. The molecule has 1 unspecified atom stereocenters. The summed E-state index contributed by atoms with van der Waals surface area (Å²) < 4.78 is 38.6. The lowest BCUT2D eigenvalue weighted by molar-refractivity contribution is -0.182. The van der Waals surface area contributed by atoms with Gasteiger partial charge in [-0.2, -0.15) is 4.31 Å². The molecule has 2 heterocycles. The van der Waals surface area contributed by atoms with E-state index in [9.17, 15) is 8.42 Å². The SMILES string of the molecule is COC1CCCOC12CCN(S(=O)(=O)c1ccc(Cl)cc1)CC2. The first-order chi connectivity index (χ1) is 11.0. The first kappa shape index (κ1) is 17.2. The van der Waals surface area contributed by atoms with Crippen LogP contribution in [-0.4, -0.2) is 51.2 Å². The Kier molecular flexibility index (Phi) is 4.99. The van der Waals surface area contributed by atoms with E-state index >= 15 is 0 Å². The molecule has 0 amide bonds. The van der Waals surface area contributed by atoms with Crippen molar-refractivity contribution in [1.29, 1.82) is 0 Å². The Morgan fingerprint density at radius 2 is 1.91 bits per heavy atom. The highest BCUT2D eigenvalue weighted by atomic mass is 35.5. The number of halogens is 1. The van der Waals surface area contributed by atoms with Crippen molar-refractivity contribution >= 4 is 21.6 Å². The molecule has 1 aromatic carbocycles. The molecular weight excluding hydrogens is 338 g/mol. The van der Waals surface area contributed by atoms with E-state index in [1.54, 1.807) is 31.4 Å². The maximum atomic E-state index is 12.7. The van der Waals surface area contributed by atoms with Gasteiger partial charge in [-0.05, 0) is 49.9 Å². The third kappa shape index (κ3) is 3.28. The third-order valence-electron chi connectivity index (χ3n) is 4.89. The van der Waals surface area contributed by atoms with E-state index in [-0.39, 0.29) is 16.6 Å². The number of nitrogens with zero attached hydrogens (tertiary/aromatic N) is 1. The zero-order valence-corrected chi connectivity index (χ0v) is 14.8. The summed E-state index contributed by atoms with van der Waals surface area (Å²) in [6.45, 7) is 1.62. The lowest BCUT2D eigenvalue weighted by Crippen LogP contribution is -2.56. The molecule has 5 nitrogen and oxygen atoms in total. The summed E-state index contributed by atoms with van der Waals surface area (Å²) in [5.41, 5.74) is -0.334. The van der Waals surface area contributed by atoms with E-state index < -0.39 is 10.0 Å². The Labute approximate surface area is 142 Å². The van der Waals surface area contributed by atoms with Crippen molar-refractivity contribution in [2.45, 2.75) is 42.3 Å². The molecule has 2 aliphatic rings. The molecule has 2 aliphatic heterocycles. The smallest absolute Gasteiger partial charge is 0.243 e. The number of hydrogen-bond acceptors (Lipinski definition) is 4. The van der Waals surface area contributed by atoms with Gasteiger partial charge in [-0.15, -0.1) is 0 Å². The van der Waals surface area contributed by atoms with Gasteiger partial charge in [0.15, 0.2) is 0 Å². The fourth-order valence-corrected chi connectivity index (χ4v) is 5.13. The van der Waals surface area contributed by atoms with E-state index in [1.807, 2.05) is 0 Å². The molecule has 0 radical (unpaired) electrons. The van der Waals surface area contributed by atoms with Gasteiger partial charge in [0, 0.05) is 31.8 Å². The molecule has 2 saturated heterocycles. The highest BCUT2D eigenvalue weighted by Crippen LogP contribution is 2.38. The van der Waals surface area contributed by atoms with Gasteiger partial charge >= 0.3 is 0 Å². The van der Waals surface area contributed by atoms with E-state index in [2.05, 4.69) is 0 Å². The second-order valence-electron chi connectivity index (χ2n) is 6.14. The fraction of sp³-hybridized carbons (Fsp3) is 0.625. The van der Waals surface area contributed by atoms with Gasteiger partial charge < -0.3 is 9.47 Å². The highest BCUT2D eigenvalue weighted by Gasteiger charge is 2.46. The number of benzene rings is 1. The lowest BCUT2D eigenvalue weighted by atomic mass is 9.82. The number of piperidine rings is 1. The molecule has 23 heavy (non-hydrogen) atoms. The standard InChI is InChI=1S/C16H22ClNO4S/c1-21-15-3-2-12-22-16(15)8-10-18(11-9-16)23(19,20)14-6-4-13(17)5-7-14/h4-7,15H,2-3,8-12H2,1H3. The van der Waals surface area contributed by atoms with Crippen molar-refractivity contribution in [3.63, 3.8) is 0 Å². The minimum absolute atomic E-state index is 0.0524. The quantitative estimate of drug-likeness (QED) is 0.832. The van der Waals surface area contributed by atoms with Crippen molar-refractivity contribution in [2.75, 3.05) is 26.8 Å². The average Bonchev–Trinajstić information content (AvgIpc) is 2.56. The van der Waals surface area contributed by atoms with Crippen LogP contribution in [0.1, 0.15) is 25.7 Å². The van der Waals surface area contributed by atoms with Crippen molar-refractivity contribution in [1.82, 2.24) is 4.31 Å². The zero-order valence-electron chi connectivity index (χ0n) is 13.2. The maximum absolute atomic E-state index is 12.7. The van der Waals surface area contributed by atoms with Crippen LogP contribution in [-0.2, 0) is 19.5 Å². The molecule has 0 aliphatic carbocycles. The first-order valence-corrected chi connectivity index (χ1v) is 9.72. The van der Waals surface area contributed by atoms with Gasteiger partial charge in [0.05, 0.1) is 16.6 Å². The monoisotopic (exact) mass is 359 g/mol. The Bertz CT molecular complexity index is 639. The van der Waals surface area contributed by atoms with Gasteiger partial charge in [0.25, 0.3) is 0 Å². The van der Waals surface area contributed by atoms with Gasteiger partial charge in [0.1, 0.15) is 0 Å². The molecule has 2 fully saturated rings. The molecule has 0 N–H and O–H groups in total. The molecular formula is C16H22ClNO4S. The third-order valence-corrected chi connectivity index (χ3v) is 7.06. The van der Waals surface area contributed by atoms with E-state index in [4.69, 9.17) is 21.1 Å². The topological polar surface area (TPSA) is 55.8 Å². The average molecular weight is 360 g/mol. The summed E-state index contributed by atoms with van der Waals surface area (Å²) in [6, 6.07) is 6.31. The number of ether oxygens (including phenoxy) is 2. The van der Waals surface area contributed by atoms with Gasteiger partial charge in [-0.3, -0.25) is 0 Å². The Hall–Kier alpha value is -0.660. The minimum atomic E-state index is -3.48. The molecule has 0 saturated carbocycles. The molecule has 1 aromatic rings. The normalized spacial score (nSPS) is 25.6. The molecule has 7 heteroatoms. The molecule has 1 atom stereocenters. The zero-order chi connectivity index (χ0) is 16.5. The van der Waals surface area contributed by atoms with Crippen LogP contribution in [0.3, 0.4) is 0 Å². The van der Waals surface area contributed by atoms with Crippen LogP contribution >= 0.6 is 11.6 Å². The predicted molar refractivity (Wildman–Crippen MR) is 88.2 cm³/mol. The number of methoxy groups -OCH3 is 1. The number of sulfonamides is 1. The largest absolute Gasteiger partial charge is 0.378 e. The van der Waals surface area contributed by atoms with E-state index in [0.29, 0.717) is 31.0 Å². The second-order valence-corrected chi connectivity index (χ2v) is 8.51. The van der Waals surface area contributed by atoms with Crippen LogP contribution in [0.5, 0.6) is 0 Å². The summed E-state index contributed by atoms with van der Waals surface area (Å²) in [7, 11) is -1.77. The van der Waals surface area contributed by atoms with Crippen molar-refractivity contribution in [2.24, 2.45) is 0 Å². The van der Waals surface area contributed by atoms with Crippen LogP contribution in [0.4, 0.5) is 0 Å². The van der Waals surface area contributed by atoms with Crippen LogP contribution in [0.15, 0.2) is 29.2 Å². The fourth-order valence-electron chi connectivity index (χ4n) is 3.56. The molecule has 1 spiro atoms. The minimum Gasteiger partial charge on any atom is -0.378 e. The van der Waals surface area contributed by atoms with E-state index in [1.165, 1.54) is 4.31 Å². The van der Waals surface area contributed by atoms with Crippen LogP contribution < -0.4 is 0 Å². The molecule has 0 aromatic heterocycles. The van der Waals surface area contributed by atoms with Crippen molar-refractivity contribution in [3.05, 3.63) is 29.3 Å². The molecule has 128 valence electrons. The molecule has 0 bridgehead atoms. The van der Waals surface area contributed by atoms with Crippen LogP contribution in [0.25, 0.3) is 0 Å². The Morgan fingerprint density at radius 1 is 1.26 bits per heavy atom. The highest BCUT2D eigenvalue weighted by molar-refractivity contribution is 7.89. The predicted octanol–water partition coefficient (Wildman–Crippen LogP) is 2.69. The summed E-state index contributed by atoms with van der Waals surface area (Å²) in [4.78, 5) is 0.283. The summed E-state index contributed by atoms with van der Waals surface area (Å²) in [5, 5.41) is 0.528. The Morgan fingerprint density at radius 3 is 2.52 bits per heavy atom. The van der Waals surface area contributed by atoms with Gasteiger partial charge in [-0.25, -0.2) is 8.42 Å². The first-order valence-electron chi connectivity index (χ1n) is 7.90. The summed E-state index contributed by atoms with van der Waals surface area (Å²) >= 11 is 5.84. The second kappa shape index (κ2) is 6.69. The van der Waals surface area contributed by atoms with Crippen LogP contribution in [0.2, 0.25) is 5.02 Å². The van der Waals surface area contributed by atoms with E-state index in [0.717, 1.165) is 19.4 Å². The summed E-state index contributed by atoms with van der Waals surface area (Å²) in [6.07, 6.45) is 3.35. The lowest BCUT2D eigenvalue weighted by Gasteiger charge is -2.47.